The van der Waals surface area contributed by atoms with Crippen LogP contribution in [0.1, 0.15) is 13.3 Å². The number of alkyl halides is 3. The molecule has 0 aliphatic heterocycles. The maximum atomic E-state index is 11.5. The first-order valence-corrected chi connectivity index (χ1v) is 4.52. The van der Waals surface area contributed by atoms with Gasteiger partial charge in [0.15, 0.2) is 0 Å². The molecule has 1 N–H and O–H groups in total. The molecule has 0 fully saturated rings. The van der Waals surface area contributed by atoms with Crippen LogP contribution in [0.2, 0.25) is 0 Å². The second-order valence-electron chi connectivity index (χ2n) is 2.60. The van der Waals surface area contributed by atoms with Crippen molar-refractivity contribution in [1.29, 1.82) is 0 Å². The first kappa shape index (κ1) is 14.2. The molecule has 4 nitrogen and oxygen atoms in total. The summed E-state index contributed by atoms with van der Waals surface area (Å²) in [5.41, 5.74) is 0. The molecule has 0 radical (unpaired) electrons. The van der Waals surface area contributed by atoms with Gasteiger partial charge in [-0.2, -0.15) is 0 Å². The number of esters is 1. The number of hydrogen-bond acceptors (Lipinski definition) is 4. The summed E-state index contributed by atoms with van der Waals surface area (Å²) in [4.78, 5) is 10.8. The first-order chi connectivity index (χ1) is 6.95. The highest BCUT2D eigenvalue weighted by molar-refractivity contribution is 5.69. The van der Waals surface area contributed by atoms with E-state index in [2.05, 4.69) is 14.8 Å². The summed E-state index contributed by atoms with van der Waals surface area (Å²) in [6, 6.07) is 0. The highest BCUT2D eigenvalue weighted by Crippen LogP contribution is 2.14. The number of carbonyl (C=O) groups excluding carboxylic acids is 1. The zero-order valence-electron chi connectivity index (χ0n) is 8.39. The van der Waals surface area contributed by atoms with Crippen LogP contribution in [0.5, 0.6) is 0 Å². The highest BCUT2D eigenvalue weighted by Gasteiger charge is 2.28. The van der Waals surface area contributed by atoms with Crippen LogP contribution < -0.4 is 5.32 Å². The molecule has 90 valence electrons. The van der Waals surface area contributed by atoms with Crippen molar-refractivity contribution in [3.8, 4) is 0 Å². The summed E-state index contributed by atoms with van der Waals surface area (Å²) in [7, 11) is 0. The normalized spacial score (nSPS) is 11.5. The lowest BCUT2D eigenvalue weighted by molar-refractivity contribution is -0.323. The molecule has 0 bridgehead atoms. The highest BCUT2D eigenvalue weighted by atomic mass is 19.4. The van der Waals surface area contributed by atoms with Crippen molar-refractivity contribution < 1.29 is 27.4 Å². The van der Waals surface area contributed by atoms with Crippen molar-refractivity contribution in [2.75, 3.05) is 26.3 Å². The molecular formula is C8H14F3NO3. The second kappa shape index (κ2) is 7.47. The van der Waals surface area contributed by atoms with E-state index in [1.54, 1.807) is 6.92 Å². The zero-order valence-corrected chi connectivity index (χ0v) is 8.39. The molecule has 0 saturated heterocycles. The number of rotatable bonds is 7. The van der Waals surface area contributed by atoms with E-state index in [0.29, 0.717) is 6.61 Å². The number of hydrogen-bond donors (Lipinski definition) is 1. The maximum Gasteiger partial charge on any atom is 0.522 e. The molecule has 0 aliphatic carbocycles. The van der Waals surface area contributed by atoms with Gasteiger partial charge >= 0.3 is 12.3 Å². The summed E-state index contributed by atoms with van der Waals surface area (Å²) in [5.74, 6) is -0.373. The third-order valence-corrected chi connectivity index (χ3v) is 1.36. The van der Waals surface area contributed by atoms with Crippen LogP contribution in [0, 0.1) is 0 Å². The van der Waals surface area contributed by atoms with Crippen LogP contribution in [-0.4, -0.2) is 38.6 Å². The molecule has 0 saturated carbocycles. The number of ether oxygens (including phenoxy) is 2. The Morgan fingerprint density at radius 2 is 2.00 bits per heavy atom. The van der Waals surface area contributed by atoms with Gasteiger partial charge in [0.1, 0.15) is 0 Å². The second-order valence-corrected chi connectivity index (χ2v) is 2.60. The third-order valence-electron chi connectivity index (χ3n) is 1.36. The van der Waals surface area contributed by atoms with Gasteiger partial charge in [-0.3, -0.25) is 9.53 Å². The quantitative estimate of drug-likeness (QED) is 0.524. The van der Waals surface area contributed by atoms with Crippen molar-refractivity contribution in [3.05, 3.63) is 0 Å². The molecule has 0 amide bonds. The Hall–Kier alpha value is -0.820. The lowest BCUT2D eigenvalue weighted by atomic mass is 10.4. The van der Waals surface area contributed by atoms with E-state index in [0.717, 1.165) is 0 Å². The van der Waals surface area contributed by atoms with Crippen molar-refractivity contribution >= 4 is 5.97 Å². The lowest BCUT2D eigenvalue weighted by Gasteiger charge is -2.07. The largest absolute Gasteiger partial charge is 0.522 e. The molecule has 0 aromatic rings. The number of carbonyl (C=O) groups is 1. The lowest BCUT2D eigenvalue weighted by Crippen LogP contribution is -2.26. The minimum Gasteiger partial charge on any atom is -0.466 e. The smallest absolute Gasteiger partial charge is 0.466 e. The molecule has 0 unspecified atom stereocenters. The average molecular weight is 229 g/mol. The molecule has 0 aromatic heterocycles. The van der Waals surface area contributed by atoms with E-state index in [1.807, 2.05) is 0 Å². The molecule has 0 spiro atoms. The first-order valence-electron chi connectivity index (χ1n) is 4.52. The Labute approximate surface area is 85.7 Å². The van der Waals surface area contributed by atoms with Gasteiger partial charge in [0.25, 0.3) is 0 Å². The molecule has 0 rings (SSSR count). The molecular weight excluding hydrogens is 215 g/mol. The van der Waals surface area contributed by atoms with E-state index in [-0.39, 0.29) is 25.5 Å². The van der Waals surface area contributed by atoms with Gasteiger partial charge in [0, 0.05) is 13.1 Å². The van der Waals surface area contributed by atoms with E-state index >= 15 is 0 Å². The Bertz CT molecular complexity index is 184. The SMILES string of the molecule is CCOC(=O)CCNCCOC(F)(F)F. The average Bonchev–Trinajstić information content (AvgIpc) is 2.09. The van der Waals surface area contributed by atoms with Gasteiger partial charge in [0.05, 0.1) is 19.6 Å². The Morgan fingerprint density at radius 3 is 2.53 bits per heavy atom. The van der Waals surface area contributed by atoms with E-state index in [4.69, 9.17) is 0 Å². The van der Waals surface area contributed by atoms with Crippen LogP contribution in [0.3, 0.4) is 0 Å². The van der Waals surface area contributed by atoms with Crippen LogP contribution in [0.4, 0.5) is 13.2 Å². The van der Waals surface area contributed by atoms with Gasteiger partial charge in [-0.15, -0.1) is 13.2 Å². The number of halogens is 3. The Kier molecular flexibility index (Phi) is 7.06. The van der Waals surface area contributed by atoms with E-state index in [1.165, 1.54) is 0 Å². The summed E-state index contributed by atoms with van der Waals surface area (Å²) in [5, 5.41) is 2.62. The Balaban J connectivity index is 3.22. The maximum absolute atomic E-state index is 11.5. The van der Waals surface area contributed by atoms with Crippen LogP contribution in [-0.2, 0) is 14.3 Å². The van der Waals surface area contributed by atoms with Crippen LogP contribution >= 0.6 is 0 Å². The van der Waals surface area contributed by atoms with Crippen molar-refractivity contribution in [1.82, 2.24) is 5.32 Å². The zero-order chi connectivity index (χ0) is 11.7. The summed E-state index contributed by atoms with van der Waals surface area (Å²) < 4.78 is 42.5. The van der Waals surface area contributed by atoms with Crippen LogP contribution in [0.25, 0.3) is 0 Å². The molecule has 0 heterocycles. The topological polar surface area (TPSA) is 47.6 Å². The van der Waals surface area contributed by atoms with Gasteiger partial charge in [-0.25, -0.2) is 0 Å². The van der Waals surface area contributed by atoms with E-state index in [9.17, 15) is 18.0 Å². The van der Waals surface area contributed by atoms with Crippen molar-refractivity contribution in [3.63, 3.8) is 0 Å². The summed E-state index contributed by atoms with van der Waals surface area (Å²) >= 11 is 0. The summed E-state index contributed by atoms with van der Waals surface area (Å²) in [6.07, 6.45) is -4.46. The monoisotopic (exact) mass is 229 g/mol. The minimum atomic E-state index is -4.59. The number of nitrogens with one attached hydrogen (secondary N) is 1. The molecule has 0 aliphatic rings. The fraction of sp³-hybridized carbons (Fsp3) is 0.875. The fourth-order valence-electron chi connectivity index (χ4n) is 0.788. The van der Waals surface area contributed by atoms with Crippen molar-refractivity contribution in [2.45, 2.75) is 19.7 Å². The molecule has 15 heavy (non-hydrogen) atoms. The standard InChI is InChI=1S/C8H14F3NO3/c1-2-14-7(13)3-4-12-5-6-15-8(9,10)11/h12H,2-6H2,1H3. The minimum absolute atomic E-state index is 0.0406. The molecule has 0 aromatic carbocycles. The predicted octanol–water partition coefficient (Wildman–Crippen LogP) is 1.07. The Morgan fingerprint density at radius 1 is 1.33 bits per heavy atom. The van der Waals surface area contributed by atoms with Gasteiger partial charge < -0.3 is 10.1 Å². The van der Waals surface area contributed by atoms with Crippen LogP contribution in [0.15, 0.2) is 0 Å². The van der Waals surface area contributed by atoms with Gasteiger partial charge in [-0.1, -0.05) is 0 Å². The summed E-state index contributed by atoms with van der Waals surface area (Å²) in [6.45, 7) is 1.84. The third kappa shape index (κ3) is 11.1. The van der Waals surface area contributed by atoms with Gasteiger partial charge in [-0.05, 0) is 6.92 Å². The van der Waals surface area contributed by atoms with E-state index < -0.39 is 13.0 Å². The molecule has 0 atom stereocenters. The van der Waals surface area contributed by atoms with Gasteiger partial charge in [0.2, 0.25) is 0 Å². The predicted molar refractivity (Wildman–Crippen MR) is 46.1 cm³/mol. The fourth-order valence-corrected chi connectivity index (χ4v) is 0.788. The van der Waals surface area contributed by atoms with Crippen molar-refractivity contribution in [2.24, 2.45) is 0 Å². The molecule has 7 heteroatoms.